The highest BCUT2D eigenvalue weighted by atomic mass is 32.1. The van der Waals surface area contributed by atoms with Crippen molar-refractivity contribution >= 4 is 17.2 Å². The summed E-state index contributed by atoms with van der Waals surface area (Å²) in [5.41, 5.74) is 7.70. The van der Waals surface area contributed by atoms with Crippen molar-refractivity contribution in [1.29, 1.82) is 0 Å². The van der Waals surface area contributed by atoms with Crippen molar-refractivity contribution in [3.05, 3.63) is 59.4 Å². The lowest BCUT2D eigenvalue weighted by atomic mass is 10.1. The van der Waals surface area contributed by atoms with Crippen LogP contribution in [-0.4, -0.2) is 44.5 Å². The fourth-order valence-corrected chi connectivity index (χ4v) is 3.88. The topological polar surface area (TPSA) is 77.0 Å². The van der Waals surface area contributed by atoms with Crippen LogP contribution in [-0.2, 0) is 6.54 Å². The molecule has 2 N–H and O–H groups in total. The Hall–Kier alpha value is -2.51. The summed E-state index contributed by atoms with van der Waals surface area (Å²) in [5.74, 6) is 0.754. The van der Waals surface area contributed by atoms with E-state index < -0.39 is 0 Å². The average Bonchev–Trinajstić information content (AvgIpc) is 3.32. The van der Waals surface area contributed by atoms with Crippen molar-refractivity contribution in [3.63, 3.8) is 0 Å². The molecule has 134 valence electrons. The van der Waals surface area contributed by atoms with Gasteiger partial charge in [-0.3, -0.25) is 4.79 Å². The van der Waals surface area contributed by atoms with E-state index in [9.17, 15) is 4.79 Å². The summed E-state index contributed by atoms with van der Waals surface area (Å²) >= 11 is 1.53. The minimum absolute atomic E-state index is 0.0168. The van der Waals surface area contributed by atoms with Crippen LogP contribution in [0.5, 0.6) is 0 Å². The van der Waals surface area contributed by atoms with E-state index >= 15 is 0 Å². The van der Waals surface area contributed by atoms with Crippen LogP contribution in [0.25, 0.3) is 10.8 Å². The normalized spacial score (nSPS) is 15.3. The molecule has 3 heterocycles. The molecule has 4 rings (SSSR count). The summed E-state index contributed by atoms with van der Waals surface area (Å²) in [4.78, 5) is 23.9. The molecular weight excluding hydrogens is 346 g/mol. The number of imidazole rings is 1. The predicted molar refractivity (Wildman–Crippen MR) is 102 cm³/mol. The summed E-state index contributed by atoms with van der Waals surface area (Å²) in [6.45, 7) is 1.98. The third-order valence-electron chi connectivity index (χ3n) is 4.71. The number of amides is 1. The first-order valence-electron chi connectivity index (χ1n) is 8.76. The number of hydrogen-bond acceptors (Lipinski definition) is 5. The molecule has 0 saturated carbocycles. The molecule has 1 fully saturated rings. The summed E-state index contributed by atoms with van der Waals surface area (Å²) in [6.07, 6.45) is 5.13. The van der Waals surface area contributed by atoms with Gasteiger partial charge in [-0.25, -0.2) is 9.97 Å². The highest BCUT2D eigenvalue weighted by Gasteiger charge is 2.26. The number of thiazole rings is 1. The quantitative estimate of drug-likeness (QED) is 0.769. The molecule has 3 aromatic rings. The standard InChI is InChI=1S/C19H21N5OS/c20-15-6-9-23(10-7-15)19(25)16-12-22-17(18-21-8-11-26-18)24(16)13-14-4-2-1-3-5-14/h1-5,8,11-12,15H,6-7,9-10,13,20H2. The lowest BCUT2D eigenvalue weighted by Crippen LogP contribution is -2.43. The number of nitrogens with zero attached hydrogens (tertiary/aromatic N) is 4. The van der Waals surface area contributed by atoms with Crippen LogP contribution < -0.4 is 5.73 Å². The maximum Gasteiger partial charge on any atom is 0.272 e. The van der Waals surface area contributed by atoms with Crippen molar-refractivity contribution < 1.29 is 4.79 Å². The molecular formula is C19H21N5OS. The Labute approximate surface area is 156 Å². The second-order valence-electron chi connectivity index (χ2n) is 6.51. The molecule has 0 atom stereocenters. The number of hydrogen-bond donors (Lipinski definition) is 1. The Balaban J connectivity index is 1.69. The lowest BCUT2D eigenvalue weighted by molar-refractivity contribution is 0.0704. The summed E-state index contributed by atoms with van der Waals surface area (Å²) in [7, 11) is 0. The average molecular weight is 367 g/mol. The number of carbonyl (C=O) groups is 1. The Morgan fingerprint density at radius 1 is 1.19 bits per heavy atom. The lowest BCUT2D eigenvalue weighted by Gasteiger charge is -2.30. The van der Waals surface area contributed by atoms with E-state index in [4.69, 9.17) is 5.73 Å². The van der Waals surface area contributed by atoms with E-state index in [0.717, 1.165) is 29.2 Å². The smallest absolute Gasteiger partial charge is 0.272 e. The van der Waals surface area contributed by atoms with Gasteiger partial charge in [0.25, 0.3) is 5.91 Å². The monoisotopic (exact) mass is 367 g/mol. The Morgan fingerprint density at radius 2 is 1.96 bits per heavy atom. The molecule has 1 saturated heterocycles. The van der Waals surface area contributed by atoms with Gasteiger partial charge in [-0.05, 0) is 18.4 Å². The van der Waals surface area contributed by atoms with Crippen LogP contribution in [0.4, 0.5) is 0 Å². The third kappa shape index (κ3) is 3.40. The van der Waals surface area contributed by atoms with Crippen molar-refractivity contribution in [2.24, 2.45) is 5.73 Å². The van der Waals surface area contributed by atoms with Gasteiger partial charge in [0, 0.05) is 37.3 Å². The molecule has 1 amide bonds. The van der Waals surface area contributed by atoms with Crippen LogP contribution in [0.15, 0.2) is 48.1 Å². The first-order chi connectivity index (χ1) is 12.7. The van der Waals surface area contributed by atoms with E-state index in [1.165, 1.54) is 11.3 Å². The molecule has 1 aliphatic heterocycles. The minimum Gasteiger partial charge on any atom is -0.337 e. The van der Waals surface area contributed by atoms with Gasteiger partial charge in [0.2, 0.25) is 0 Å². The second-order valence-corrected chi connectivity index (χ2v) is 7.40. The number of nitrogens with two attached hydrogens (primary N) is 1. The second kappa shape index (κ2) is 7.39. The molecule has 7 heteroatoms. The molecule has 1 aliphatic rings. The van der Waals surface area contributed by atoms with Crippen LogP contribution in [0.3, 0.4) is 0 Å². The molecule has 0 unspecified atom stereocenters. The Kier molecular flexibility index (Phi) is 4.81. The third-order valence-corrected chi connectivity index (χ3v) is 5.48. The Morgan fingerprint density at radius 3 is 2.65 bits per heavy atom. The van der Waals surface area contributed by atoms with Gasteiger partial charge in [0.1, 0.15) is 5.69 Å². The molecule has 6 nitrogen and oxygen atoms in total. The molecule has 0 aliphatic carbocycles. The van der Waals surface area contributed by atoms with Gasteiger partial charge >= 0.3 is 0 Å². The minimum atomic E-state index is 0.0168. The van der Waals surface area contributed by atoms with E-state index in [0.29, 0.717) is 25.3 Å². The number of piperidine rings is 1. The van der Waals surface area contributed by atoms with Crippen LogP contribution in [0.2, 0.25) is 0 Å². The zero-order valence-electron chi connectivity index (χ0n) is 14.4. The molecule has 0 spiro atoms. The zero-order chi connectivity index (χ0) is 17.9. The predicted octanol–water partition coefficient (Wildman–Crippen LogP) is 2.62. The van der Waals surface area contributed by atoms with E-state index in [2.05, 4.69) is 22.1 Å². The van der Waals surface area contributed by atoms with Gasteiger partial charge in [-0.15, -0.1) is 11.3 Å². The van der Waals surface area contributed by atoms with Crippen molar-refractivity contribution in [3.8, 4) is 10.8 Å². The highest BCUT2D eigenvalue weighted by Crippen LogP contribution is 2.24. The fourth-order valence-electron chi connectivity index (χ4n) is 3.24. The number of likely N-dealkylation sites (tertiary alicyclic amines) is 1. The van der Waals surface area contributed by atoms with Crippen molar-refractivity contribution in [1.82, 2.24) is 19.4 Å². The van der Waals surface area contributed by atoms with Crippen molar-refractivity contribution in [2.45, 2.75) is 25.4 Å². The van der Waals surface area contributed by atoms with E-state index in [1.54, 1.807) is 12.4 Å². The van der Waals surface area contributed by atoms with Gasteiger partial charge in [-0.1, -0.05) is 30.3 Å². The number of rotatable bonds is 4. The molecule has 26 heavy (non-hydrogen) atoms. The summed E-state index contributed by atoms with van der Waals surface area (Å²) in [5, 5.41) is 2.74. The van der Waals surface area contributed by atoms with Crippen LogP contribution in [0.1, 0.15) is 28.9 Å². The molecule has 0 bridgehead atoms. The fraction of sp³-hybridized carbons (Fsp3) is 0.316. The summed E-state index contributed by atoms with van der Waals surface area (Å²) < 4.78 is 1.98. The van der Waals surface area contributed by atoms with Gasteiger partial charge in [-0.2, -0.15) is 0 Å². The zero-order valence-corrected chi connectivity index (χ0v) is 15.2. The van der Waals surface area contributed by atoms with Crippen molar-refractivity contribution in [2.75, 3.05) is 13.1 Å². The Bertz CT molecular complexity index is 867. The van der Waals surface area contributed by atoms with E-state index in [1.807, 2.05) is 33.0 Å². The number of benzene rings is 1. The molecule has 1 aromatic carbocycles. The van der Waals surface area contributed by atoms with Gasteiger partial charge in [0.15, 0.2) is 10.8 Å². The van der Waals surface area contributed by atoms with Gasteiger partial charge in [0.05, 0.1) is 6.20 Å². The number of aromatic nitrogens is 3. The summed E-state index contributed by atoms with van der Waals surface area (Å²) in [6, 6.07) is 10.3. The first kappa shape index (κ1) is 16.9. The highest BCUT2D eigenvalue weighted by molar-refractivity contribution is 7.13. The van der Waals surface area contributed by atoms with Crippen LogP contribution >= 0.6 is 11.3 Å². The number of carbonyl (C=O) groups excluding carboxylic acids is 1. The SMILES string of the molecule is NC1CCN(C(=O)c2cnc(-c3nccs3)n2Cc2ccccc2)CC1. The maximum atomic E-state index is 13.1. The molecule has 0 radical (unpaired) electrons. The molecule has 2 aromatic heterocycles. The largest absolute Gasteiger partial charge is 0.337 e. The maximum absolute atomic E-state index is 13.1. The first-order valence-corrected chi connectivity index (χ1v) is 9.64. The van der Waals surface area contributed by atoms with Gasteiger partial charge < -0.3 is 15.2 Å². The van der Waals surface area contributed by atoms with Crippen LogP contribution in [0, 0.1) is 0 Å². The van der Waals surface area contributed by atoms with E-state index in [-0.39, 0.29) is 11.9 Å².